The van der Waals surface area contributed by atoms with Gasteiger partial charge in [0.25, 0.3) is 0 Å². The van der Waals surface area contributed by atoms with Crippen molar-refractivity contribution < 1.29 is 9.53 Å². The fourth-order valence-electron chi connectivity index (χ4n) is 3.99. The van der Waals surface area contributed by atoms with Gasteiger partial charge in [0.15, 0.2) is 0 Å². The summed E-state index contributed by atoms with van der Waals surface area (Å²) in [7, 11) is 1.50. The van der Waals surface area contributed by atoms with Gasteiger partial charge in [-0.2, -0.15) is 0 Å². The smallest absolute Gasteiger partial charge is 0.305 e. The summed E-state index contributed by atoms with van der Waals surface area (Å²) in [6, 6.07) is 2.09. The Kier molecular flexibility index (Phi) is 4.61. The van der Waals surface area contributed by atoms with Gasteiger partial charge in [0.2, 0.25) is 0 Å². The van der Waals surface area contributed by atoms with E-state index in [0.717, 1.165) is 25.0 Å². The molecular weight excluding hydrogens is 252 g/mol. The molecule has 1 N–H and O–H groups in total. The normalized spacial score (nSPS) is 32.5. The number of nitrogens with zero attached hydrogens (tertiary/aromatic N) is 1. The lowest BCUT2D eigenvalue weighted by Gasteiger charge is -2.39. The maximum Gasteiger partial charge on any atom is 0.305 e. The summed E-state index contributed by atoms with van der Waals surface area (Å²) in [6.45, 7) is 2.27. The molecule has 3 aliphatic rings. The van der Waals surface area contributed by atoms with Crippen LogP contribution in [0.25, 0.3) is 0 Å². The van der Waals surface area contributed by atoms with Crippen LogP contribution in [0.5, 0.6) is 0 Å². The number of rotatable bonds is 5. The molecule has 0 bridgehead atoms. The third kappa shape index (κ3) is 3.73. The first-order valence-corrected chi connectivity index (χ1v) is 8.31. The van der Waals surface area contributed by atoms with Gasteiger partial charge in [-0.3, -0.25) is 9.69 Å². The van der Waals surface area contributed by atoms with Gasteiger partial charge < -0.3 is 10.1 Å². The van der Waals surface area contributed by atoms with Crippen molar-refractivity contribution in [2.45, 2.75) is 69.5 Å². The minimum absolute atomic E-state index is 0.0488. The van der Waals surface area contributed by atoms with Crippen molar-refractivity contribution in [1.82, 2.24) is 10.2 Å². The number of likely N-dealkylation sites (tertiary alicyclic amines) is 1. The molecule has 2 atom stereocenters. The van der Waals surface area contributed by atoms with E-state index in [1.54, 1.807) is 0 Å². The van der Waals surface area contributed by atoms with E-state index in [9.17, 15) is 4.79 Å². The van der Waals surface area contributed by atoms with E-state index in [4.69, 9.17) is 4.74 Å². The van der Waals surface area contributed by atoms with Gasteiger partial charge in [0.05, 0.1) is 7.11 Å². The molecule has 2 unspecified atom stereocenters. The number of methoxy groups -OCH3 is 1. The molecule has 1 heterocycles. The molecule has 0 aromatic carbocycles. The second-order valence-corrected chi connectivity index (χ2v) is 6.91. The molecule has 0 aromatic heterocycles. The number of nitrogens with one attached hydrogen (secondary N) is 1. The summed E-state index contributed by atoms with van der Waals surface area (Å²) in [5.41, 5.74) is 0. The Hall–Kier alpha value is -0.610. The van der Waals surface area contributed by atoms with Crippen LogP contribution in [0.3, 0.4) is 0 Å². The maximum absolute atomic E-state index is 11.6. The first-order chi connectivity index (χ1) is 9.74. The lowest BCUT2D eigenvalue weighted by Crippen LogP contribution is -2.52. The van der Waals surface area contributed by atoms with Crippen LogP contribution in [0.15, 0.2) is 0 Å². The number of piperidine rings is 1. The standard InChI is InChI=1S/C16H28N2O2/c1-20-16(19)9-12-8-14(17-13-4-2-3-5-13)11-18(10-12)15-6-7-15/h12-15,17H,2-11H2,1H3. The van der Waals surface area contributed by atoms with Crippen LogP contribution in [0.1, 0.15) is 51.4 Å². The van der Waals surface area contributed by atoms with Crippen LogP contribution in [0.4, 0.5) is 0 Å². The van der Waals surface area contributed by atoms with Gasteiger partial charge in [-0.25, -0.2) is 0 Å². The second kappa shape index (κ2) is 6.44. The molecule has 2 aliphatic carbocycles. The number of carbonyl (C=O) groups is 1. The summed E-state index contributed by atoms with van der Waals surface area (Å²) in [5, 5.41) is 3.86. The van der Waals surface area contributed by atoms with Crippen LogP contribution in [-0.2, 0) is 9.53 Å². The maximum atomic E-state index is 11.6. The summed E-state index contributed by atoms with van der Waals surface area (Å²) >= 11 is 0. The molecule has 3 fully saturated rings. The molecule has 0 amide bonds. The van der Waals surface area contributed by atoms with Gasteiger partial charge in [-0.15, -0.1) is 0 Å². The van der Waals surface area contributed by atoms with E-state index in [1.807, 2.05) is 0 Å². The first-order valence-electron chi connectivity index (χ1n) is 8.31. The Balaban J connectivity index is 1.55. The molecule has 0 aromatic rings. The predicted molar refractivity (Wildman–Crippen MR) is 78.5 cm³/mol. The summed E-state index contributed by atoms with van der Waals surface area (Å²) < 4.78 is 4.86. The minimum Gasteiger partial charge on any atom is -0.469 e. The minimum atomic E-state index is -0.0488. The summed E-state index contributed by atoms with van der Waals surface area (Å²) in [6.07, 6.45) is 9.84. The Morgan fingerprint density at radius 2 is 1.90 bits per heavy atom. The van der Waals surface area contributed by atoms with Crippen molar-refractivity contribution >= 4 is 5.97 Å². The topological polar surface area (TPSA) is 41.6 Å². The fourth-order valence-corrected chi connectivity index (χ4v) is 3.99. The number of hydrogen-bond acceptors (Lipinski definition) is 4. The van der Waals surface area contributed by atoms with Crippen LogP contribution in [-0.4, -0.2) is 49.2 Å². The second-order valence-electron chi connectivity index (χ2n) is 6.91. The number of hydrogen-bond donors (Lipinski definition) is 1. The van der Waals surface area contributed by atoms with Crippen molar-refractivity contribution in [2.75, 3.05) is 20.2 Å². The lowest BCUT2D eigenvalue weighted by molar-refractivity contribution is -0.142. The average Bonchev–Trinajstić information content (AvgIpc) is 3.18. The highest BCUT2D eigenvalue weighted by atomic mass is 16.5. The zero-order valence-electron chi connectivity index (χ0n) is 12.6. The van der Waals surface area contributed by atoms with Crippen LogP contribution in [0, 0.1) is 5.92 Å². The van der Waals surface area contributed by atoms with E-state index in [0.29, 0.717) is 18.4 Å². The summed E-state index contributed by atoms with van der Waals surface area (Å²) in [5.74, 6) is 0.419. The summed E-state index contributed by atoms with van der Waals surface area (Å²) in [4.78, 5) is 14.2. The van der Waals surface area contributed by atoms with E-state index in [1.165, 1.54) is 52.2 Å². The zero-order chi connectivity index (χ0) is 13.9. The van der Waals surface area contributed by atoms with Crippen LogP contribution >= 0.6 is 0 Å². The number of carbonyl (C=O) groups excluding carboxylic acids is 1. The highest BCUT2D eigenvalue weighted by molar-refractivity contribution is 5.69. The largest absolute Gasteiger partial charge is 0.469 e. The monoisotopic (exact) mass is 280 g/mol. The highest BCUT2D eigenvalue weighted by Crippen LogP contribution is 2.32. The van der Waals surface area contributed by atoms with Gasteiger partial charge in [0.1, 0.15) is 0 Å². The van der Waals surface area contributed by atoms with Gasteiger partial charge >= 0.3 is 5.97 Å². The van der Waals surface area contributed by atoms with Crippen molar-refractivity contribution in [3.63, 3.8) is 0 Å². The molecule has 1 aliphatic heterocycles. The van der Waals surface area contributed by atoms with E-state index < -0.39 is 0 Å². The number of esters is 1. The Bertz CT molecular complexity index is 335. The molecule has 20 heavy (non-hydrogen) atoms. The first kappa shape index (κ1) is 14.3. The van der Waals surface area contributed by atoms with Crippen molar-refractivity contribution in [3.05, 3.63) is 0 Å². The third-order valence-electron chi connectivity index (χ3n) is 5.14. The fraction of sp³-hybridized carbons (Fsp3) is 0.938. The molecular formula is C16H28N2O2. The SMILES string of the molecule is COC(=O)CC1CC(NC2CCCC2)CN(C2CC2)C1. The number of ether oxygens (including phenoxy) is 1. The lowest BCUT2D eigenvalue weighted by atomic mass is 9.90. The zero-order valence-corrected chi connectivity index (χ0v) is 12.6. The van der Waals surface area contributed by atoms with Gasteiger partial charge in [-0.05, 0) is 38.0 Å². The van der Waals surface area contributed by atoms with Crippen LogP contribution < -0.4 is 5.32 Å². The molecule has 0 spiro atoms. The molecule has 4 heteroatoms. The Morgan fingerprint density at radius 3 is 2.55 bits per heavy atom. The average molecular weight is 280 g/mol. The third-order valence-corrected chi connectivity index (χ3v) is 5.14. The van der Waals surface area contributed by atoms with Crippen LogP contribution in [0.2, 0.25) is 0 Å². The van der Waals surface area contributed by atoms with Crippen molar-refractivity contribution in [1.29, 1.82) is 0 Å². The molecule has 3 rings (SSSR count). The van der Waals surface area contributed by atoms with E-state index >= 15 is 0 Å². The van der Waals surface area contributed by atoms with E-state index in [2.05, 4.69) is 10.2 Å². The van der Waals surface area contributed by atoms with Gasteiger partial charge in [0, 0.05) is 37.6 Å². The van der Waals surface area contributed by atoms with Crippen molar-refractivity contribution in [2.24, 2.45) is 5.92 Å². The Labute approximate surface area is 122 Å². The Morgan fingerprint density at radius 1 is 1.15 bits per heavy atom. The molecule has 114 valence electrons. The molecule has 1 saturated heterocycles. The highest BCUT2D eigenvalue weighted by Gasteiger charge is 2.37. The quantitative estimate of drug-likeness (QED) is 0.781. The van der Waals surface area contributed by atoms with Gasteiger partial charge in [-0.1, -0.05) is 12.8 Å². The molecule has 2 saturated carbocycles. The van der Waals surface area contributed by atoms with E-state index in [-0.39, 0.29) is 5.97 Å². The molecule has 0 radical (unpaired) electrons. The molecule has 4 nitrogen and oxygen atoms in total. The predicted octanol–water partition coefficient (Wildman–Crippen LogP) is 1.93. The van der Waals surface area contributed by atoms with Crippen molar-refractivity contribution in [3.8, 4) is 0 Å².